The normalized spacial score (nSPS) is 15.3. The van der Waals surface area contributed by atoms with E-state index < -0.39 is 5.41 Å². The third-order valence-electron chi connectivity index (χ3n) is 4.54. The molecule has 0 saturated heterocycles. The monoisotopic (exact) mass is 308 g/mol. The molecule has 0 radical (unpaired) electrons. The van der Waals surface area contributed by atoms with Gasteiger partial charge in [-0.15, -0.1) is 5.73 Å². The zero-order valence-corrected chi connectivity index (χ0v) is 13.1. The number of Topliss-reactive ketones (excluding diaryl/α,β-unsaturated/α-hetero) is 1. The van der Waals surface area contributed by atoms with Crippen LogP contribution in [0.1, 0.15) is 16.7 Å². The van der Waals surface area contributed by atoms with Gasteiger partial charge in [0.1, 0.15) is 5.41 Å². The number of allylic oxidation sites excluding steroid dienone is 1. The summed E-state index contributed by atoms with van der Waals surface area (Å²) in [5.41, 5.74) is 5.95. The fourth-order valence-corrected chi connectivity index (χ4v) is 3.33. The summed E-state index contributed by atoms with van der Waals surface area (Å²) in [5.74, 6) is 0.0751. The lowest BCUT2D eigenvalue weighted by Crippen LogP contribution is -2.33. The highest BCUT2D eigenvalue weighted by Crippen LogP contribution is 2.42. The Hall–Kier alpha value is -3.15. The van der Waals surface area contributed by atoms with Gasteiger partial charge in [-0.25, -0.2) is 0 Å². The SMILES string of the molecule is O=C1C(c2ccccc2)=C=CC1(c1ccccc1)c1ccccc1. The molecule has 0 amide bonds. The Bertz CT molecular complexity index is 892. The maximum atomic E-state index is 13.5. The topological polar surface area (TPSA) is 17.1 Å². The Morgan fingerprint density at radius 2 is 1.08 bits per heavy atom. The number of ketones is 1. The molecule has 0 aliphatic heterocycles. The van der Waals surface area contributed by atoms with Crippen molar-refractivity contribution in [1.82, 2.24) is 0 Å². The van der Waals surface area contributed by atoms with Gasteiger partial charge in [-0.1, -0.05) is 91.0 Å². The van der Waals surface area contributed by atoms with Crippen LogP contribution in [0.5, 0.6) is 0 Å². The van der Waals surface area contributed by atoms with Crippen molar-refractivity contribution in [3.05, 3.63) is 119 Å². The van der Waals surface area contributed by atoms with Gasteiger partial charge >= 0.3 is 0 Å². The van der Waals surface area contributed by atoms with Gasteiger partial charge in [-0.05, 0) is 22.8 Å². The number of hydrogen-bond donors (Lipinski definition) is 0. The number of rotatable bonds is 3. The van der Waals surface area contributed by atoms with Crippen LogP contribution in [0.2, 0.25) is 0 Å². The van der Waals surface area contributed by atoms with Gasteiger partial charge in [-0.3, -0.25) is 4.79 Å². The molecule has 114 valence electrons. The minimum Gasteiger partial charge on any atom is -0.292 e. The molecular formula is C23H16O. The first kappa shape index (κ1) is 14.4. The smallest absolute Gasteiger partial charge is 0.190 e. The van der Waals surface area contributed by atoms with E-state index in [-0.39, 0.29) is 5.78 Å². The van der Waals surface area contributed by atoms with Crippen LogP contribution in [-0.4, -0.2) is 5.78 Å². The highest BCUT2D eigenvalue weighted by Gasteiger charge is 2.44. The van der Waals surface area contributed by atoms with E-state index in [4.69, 9.17) is 0 Å². The minimum absolute atomic E-state index is 0.0751. The van der Waals surface area contributed by atoms with Crippen molar-refractivity contribution in [3.63, 3.8) is 0 Å². The molecule has 0 spiro atoms. The molecule has 0 bridgehead atoms. The highest BCUT2D eigenvalue weighted by molar-refractivity contribution is 6.29. The third kappa shape index (κ3) is 2.15. The maximum Gasteiger partial charge on any atom is 0.190 e. The average molecular weight is 308 g/mol. The Morgan fingerprint density at radius 3 is 1.58 bits per heavy atom. The first-order valence-corrected chi connectivity index (χ1v) is 8.01. The maximum absolute atomic E-state index is 13.5. The van der Waals surface area contributed by atoms with E-state index in [1.807, 2.05) is 97.1 Å². The van der Waals surface area contributed by atoms with Crippen LogP contribution in [-0.2, 0) is 10.2 Å². The van der Waals surface area contributed by atoms with Gasteiger partial charge in [0.25, 0.3) is 0 Å². The first-order valence-electron chi connectivity index (χ1n) is 8.01. The summed E-state index contributed by atoms with van der Waals surface area (Å²) in [6, 6.07) is 29.6. The van der Waals surface area contributed by atoms with Crippen LogP contribution in [0, 0.1) is 0 Å². The summed E-state index contributed by atoms with van der Waals surface area (Å²) in [6.45, 7) is 0. The van der Waals surface area contributed by atoms with Crippen LogP contribution in [0.3, 0.4) is 0 Å². The van der Waals surface area contributed by atoms with E-state index in [9.17, 15) is 4.79 Å². The molecule has 1 heteroatoms. The molecule has 0 atom stereocenters. The van der Waals surface area contributed by atoms with Crippen molar-refractivity contribution < 1.29 is 4.79 Å². The molecule has 0 heterocycles. The average Bonchev–Trinajstić information content (AvgIpc) is 3.02. The molecule has 24 heavy (non-hydrogen) atoms. The molecule has 0 N–H and O–H groups in total. The summed E-state index contributed by atoms with van der Waals surface area (Å²) in [7, 11) is 0. The van der Waals surface area contributed by atoms with Gasteiger partial charge in [-0.2, -0.15) is 0 Å². The van der Waals surface area contributed by atoms with E-state index in [1.165, 1.54) is 0 Å². The molecule has 1 aliphatic rings. The van der Waals surface area contributed by atoms with Crippen LogP contribution in [0.4, 0.5) is 0 Å². The second-order valence-electron chi connectivity index (χ2n) is 5.90. The van der Waals surface area contributed by atoms with Crippen LogP contribution < -0.4 is 0 Å². The number of hydrogen-bond acceptors (Lipinski definition) is 1. The van der Waals surface area contributed by atoms with Gasteiger partial charge in [0.15, 0.2) is 5.78 Å². The number of carbonyl (C=O) groups excluding carboxylic acids is 1. The Morgan fingerprint density at radius 1 is 0.625 bits per heavy atom. The van der Waals surface area contributed by atoms with Gasteiger partial charge in [0.2, 0.25) is 0 Å². The van der Waals surface area contributed by atoms with Gasteiger partial charge in [0.05, 0.1) is 5.57 Å². The zero-order valence-electron chi connectivity index (χ0n) is 13.1. The van der Waals surface area contributed by atoms with Crippen molar-refractivity contribution in [1.29, 1.82) is 0 Å². The van der Waals surface area contributed by atoms with Crippen LogP contribution >= 0.6 is 0 Å². The predicted octanol–water partition coefficient (Wildman–Crippen LogP) is 4.79. The molecule has 1 nitrogen and oxygen atoms in total. The Balaban J connectivity index is 1.90. The van der Waals surface area contributed by atoms with Crippen molar-refractivity contribution >= 4 is 11.4 Å². The van der Waals surface area contributed by atoms with E-state index in [2.05, 4.69) is 5.73 Å². The standard InChI is InChI=1S/C23H16O/c24-22-21(18-10-4-1-5-11-18)16-17-23(22,19-12-6-2-7-13-19)20-14-8-3-9-15-20/h1-15,17H. The lowest BCUT2D eigenvalue weighted by molar-refractivity contribution is -0.116. The zero-order chi connectivity index (χ0) is 16.4. The second-order valence-corrected chi connectivity index (χ2v) is 5.90. The molecule has 0 fully saturated rings. The molecule has 0 saturated carbocycles. The van der Waals surface area contributed by atoms with Gasteiger partial charge in [0, 0.05) is 0 Å². The molecule has 0 aromatic heterocycles. The fraction of sp³-hybridized carbons (Fsp3) is 0.0435. The van der Waals surface area contributed by atoms with Gasteiger partial charge < -0.3 is 0 Å². The molecule has 1 aliphatic carbocycles. The van der Waals surface area contributed by atoms with Crippen molar-refractivity contribution in [3.8, 4) is 0 Å². The molecule has 0 unspecified atom stereocenters. The van der Waals surface area contributed by atoms with E-state index in [1.54, 1.807) is 0 Å². The van der Waals surface area contributed by atoms with Crippen LogP contribution in [0.15, 0.2) is 103 Å². The first-order chi connectivity index (χ1) is 11.8. The van der Waals surface area contributed by atoms with Crippen molar-refractivity contribution in [2.45, 2.75) is 5.41 Å². The van der Waals surface area contributed by atoms with Crippen molar-refractivity contribution in [2.24, 2.45) is 0 Å². The van der Waals surface area contributed by atoms with Crippen LogP contribution in [0.25, 0.3) is 5.57 Å². The second kappa shape index (κ2) is 5.81. The lowest BCUT2D eigenvalue weighted by atomic mass is 9.71. The summed E-state index contributed by atoms with van der Waals surface area (Å²) in [4.78, 5) is 13.5. The number of benzene rings is 3. The predicted molar refractivity (Wildman–Crippen MR) is 96.6 cm³/mol. The highest BCUT2D eigenvalue weighted by atomic mass is 16.1. The summed E-state index contributed by atoms with van der Waals surface area (Å²) >= 11 is 0. The fourth-order valence-electron chi connectivity index (χ4n) is 3.33. The molecular weight excluding hydrogens is 292 g/mol. The van der Waals surface area contributed by atoms with E-state index >= 15 is 0 Å². The van der Waals surface area contributed by atoms with E-state index in [0.717, 1.165) is 16.7 Å². The summed E-state index contributed by atoms with van der Waals surface area (Å²) in [5, 5.41) is 0. The Labute approximate surface area is 141 Å². The van der Waals surface area contributed by atoms with Crippen molar-refractivity contribution in [2.75, 3.05) is 0 Å². The molecule has 4 rings (SSSR count). The minimum atomic E-state index is -0.798. The number of carbonyl (C=O) groups is 1. The quantitative estimate of drug-likeness (QED) is 0.636. The lowest BCUT2D eigenvalue weighted by Gasteiger charge is -2.27. The molecule has 3 aromatic rings. The third-order valence-corrected chi connectivity index (χ3v) is 4.54. The summed E-state index contributed by atoms with van der Waals surface area (Å²) in [6.07, 6.45) is 1.92. The largest absolute Gasteiger partial charge is 0.292 e. The van der Waals surface area contributed by atoms with E-state index in [0.29, 0.717) is 5.57 Å². The Kier molecular flexibility index (Phi) is 3.49. The molecule has 3 aromatic carbocycles. The summed E-state index contributed by atoms with van der Waals surface area (Å²) < 4.78 is 0.